The second kappa shape index (κ2) is 6.56. The van der Waals surface area contributed by atoms with Crippen molar-refractivity contribution in [3.05, 3.63) is 33.9 Å². The molecule has 2 rings (SSSR count). The molecule has 0 aromatic heterocycles. The predicted molar refractivity (Wildman–Crippen MR) is 62.8 cm³/mol. The molecular formula is C10H9BF3KN2O3. The van der Waals surface area contributed by atoms with E-state index >= 15 is 0 Å². The minimum absolute atomic E-state index is 0. The molecule has 0 saturated carbocycles. The van der Waals surface area contributed by atoms with Gasteiger partial charge in [-0.15, -0.1) is 0 Å². The zero-order chi connectivity index (χ0) is 14.2. The Morgan fingerprint density at radius 1 is 1.30 bits per heavy atom. The quantitative estimate of drug-likeness (QED) is 0.420. The molecule has 1 aliphatic heterocycles. The SMILES string of the molecule is O=C1CCc2cc([N+](=O)[O-])ccc2N1C[B-](F)(F)F.[K+]. The van der Waals surface area contributed by atoms with Crippen molar-refractivity contribution in [2.24, 2.45) is 0 Å². The van der Waals surface area contributed by atoms with Crippen LogP contribution in [0.2, 0.25) is 0 Å². The third-order valence-electron chi connectivity index (χ3n) is 2.86. The molecule has 102 valence electrons. The number of carbonyl (C=O) groups excluding carboxylic acids is 1. The maximum atomic E-state index is 12.5. The minimum Gasteiger partial charge on any atom is -0.448 e. The van der Waals surface area contributed by atoms with Gasteiger partial charge in [-0.1, -0.05) is 0 Å². The van der Waals surface area contributed by atoms with Gasteiger partial charge in [0.15, 0.2) is 0 Å². The number of hydrogen-bond acceptors (Lipinski definition) is 3. The number of benzene rings is 1. The molecule has 1 aliphatic rings. The Labute approximate surface area is 155 Å². The number of carbonyl (C=O) groups is 1. The summed E-state index contributed by atoms with van der Waals surface area (Å²) in [5, 5.41) is 10.6. The third-order valence-corrected chi connectivity index (χ3v) is 2.86. The van der Waals surface area contributed by atoms with E-state index in [0.29, 0.717) is 10.5 Å². The molecule has 0 saturated heterocycles. The molecule has 10 heteroatoms. The van der Waals surface area contributed by atoms with Gasteiger partial charge in [0, 0.05) is 24.2 Å². The van der Waals surface area contributed by atoms with Crippen LogP contribution in [0.15, 0.2) is 18.2 Å². The van der Waals surface area contributed by atoms with Crippen LogP contribution in [0.5, 0.6) is 0 Å². The average Bonchev–Trinajstić information content (AvgIpc) is 2.31. The third kappa shape index (κ3) is 4.04. The normalized spacial score (nSPS) is 14.6. The first kappa shape index (κ1) is 17.6. The van der Waals surface area contributed by atoms with Crippen molar-refractivity contribution in [2.45, 2.75) is 12.8 Å². The van der Waals surface area contributed by atoms with Crippen LogP contribution < -0.4 is 56.3 Å². The van der Waals surface area contributed by atoms with Crippen LogP contribution in [-0.2, 0) is 11.2 Å². The first-order valence-electron chi connectivity index (χ1n) is 5.56. The maximum Gasteiger partial charge on any atom is 1.00 e. The van der Waals surface area contributed by atoms with Crippen molar-refractivity contribution in [3.8, 4) is 0 Å². The van der Waals surface area contributed by atoms with Gasteiger partial charge in [0.05, 0.1) is 4.92 Å². The molecule has 1 amide bonds. The standard InChI is InChI=1S/C10H9BF3N2O3.K/c12-11(13,14)6-15-9-3-2-8(16(18)19)5-7(9)1-4-10(15)17;/h2-3,5H,1,4,6H2;/q-1;+1. The Kier molecular flexibility index (Phi) is 5.79. The van der Waals surface area contributed by atoms with E-state index in [0.717, 1.165) is 6.07 Å². The van der Waals surface area contributed by atoms with E-state index in [2.05, 4.69) is 0 Å². The Hall–Kier alpha value is -0.419. The van der Waals surface area contributed by atoms with Gasteiger partial charge in [0.1, 0.15) is 0 Å². The van der Waals surface area contributed by atoms with E-state index < -0.39 is 24.3 Å². The average molecular weight is 312 g/mol. The van der Waals surface area contributed by atoms with Crippen LogP contribution in [-0.4, -0.2) is 24.3 Å². The van der Waals surface area contributed by atoms with E-state index in [1.165, 1.54) is 12.1 Å². The van der Waals surface area contributed by atoms with E-state index in [1.807, 2.05) is 0 Å². The summed E-state index contributed by atoms with van der Waals surface area (Å²) in [4.78, 5) is 22.2. The van der Waals surface area contributed by atoms with Crippen molar-refractivity contribution in [2.75, 3.05) is 11.3 Å². The number of anilines is 1. The number of rotatable bonds is 3. The predicted octanol–water partition coefficient (Wildman–Crippen LogP) is -0.735. The number of nitro groups is 1. The van der Waals surface area contributed by atoms with Crippen molar-refractivity contribution < 1.29 is 74.0 Å². The Morgan fingerprint density at radius 2 is 1.95 bits per heavy atom. The van der Waals surface area contributed by atoms with Gasteiger partial charge in [-0.3, -0.25) is 14.9 Å². The van der Waals surface area contributed by atoms with Crippen molar-refractivity contribution in [1.29, 1.82) is 0 Å². The molecule has 5 nitrogen and oxygen atoms in total. The Morgan fingerprint density at radius 3 is 2.50 bits per heavy atom. The van der Waals surface area contributed by atoms with Gasteiger partial charge < -0.3 is 17.8 Å². The molecule has 0 spiro atoms. The summed E-state index contributed by atoms with van der Waals surface area (Å²) in [7, 11) is 0. The number of non-ortho nitro benzene ring substituents is 1. The van der Waals surface area contributed by atoms with Crippen LogP contribution >= 0.6 is 0 Å². The molecule has 0 fully saturated rings. The summed E-state index contributed by atoms with van der Waals surface area (Å²) in [5.41, 5.74) is 0.320. The second-order valence-corrected chi connectivity index (χ2v) is 4.28. The first-order valence-corrected chi connectivity index (χ1v) is 5.56. The van der Waals surface area contributed by atoms with Gasteiger partial charge in [0.25, 0.3) is 5.69 Å². The topological polar surface area (TPSA) is 63.4 Å². The molecule has 1 aromatic rings. The van der Waals surface area contributed by atoms with Gasteiger partial charge in [-0.2, -0.15) is 0 Å². The molecule has 0 aliphatic carbocycles. The van der Waals surface area contributed by atoms with Gasteiger partial charge >= 0.3 is 58.4 Å². The van der Waals surface area contributed by atoms with E-state index in [-0.39, 0.29) is 75.6 Å². The van der Waals surface area contributed by atoms with Crippen LogP contribution in [0.25, 0.3) is 0 Å². The summed E-state index contributed by atoms with van der Waals surface area (Å²) < 4.78 is 37.4. The zero-order valence-corrected chi connectivity index (χ0v) is 13.8. The fourth-order valence-electron chi connectivity index (χ4n) is 2.07. The Bertz CT molecular complexity index is 553. The fourth-order valence-corrected chi connectivity index (χ4v) is 2.07. The number of aryl methyl sites for hydroxylation is 1. The minimum atomic E-state index is -5.14. The van der Waals surface area contributed by atoms with Gasteiger partial charge in [-0.25, -0.2) is 0 Å². The largest absolute Gasteiger partial charge is 1.00 e. The van der Waals surface area contributed by atoms with E-state index in [9.17, 15) is 27.9 Å². The van der Waals surface area contributed by atoms with Crippen LogP contribution in [0.3, 0.4) is 0 Å². The molecule has 0 bridgehead atoms. The number of nitro benzene ring substituents is 1. The van der Waals surface area contributed by atoms with Crippen molar-refractivity contribution >= 4 is 24.3 Å². The molecule has 0 unspecified atom stereocenters. The number of hydrogen-bond donors (Lipinski definition) is 0. The number of amides is 1. The Balaban J connectivity index is 0.00000200. The smallest absolute Gasteiger partial charge is 0.448 e. The molecule has 0 atom stereocenters. The van der Waals surface area contributed by atoms with Crippen LogP contribution in [0.4, 0.5) is 24.3 Å². The first-order chi connectivity index (χ1) is 8.78. The summed E-state index contributed by atoms with van der Waals surface area (Å²) in [6.07, 6.45) is -1.17. The molecule has 1 heterocycles. The van der Waals surface area contributed by atoms with E-state index in [4.69, 9.17) is 0 Å². The van der Waals surface area contributed by atoms with Gasteiger partial charge in [-0.05, 0) is 24.5 Å². The van der Waals surface area contributed by atoms with Crippen LogP contribution in [0.1, 0.15) is 12.0 Å². The number of halogens is 3. The summed E-state index contributed by atoms with van der Waals surface area (Å²) in [6, 6.07) is 3.53. The molecular weight excluding hydrogens is 303 g/mol. The number of nitrogens with zero attached hydrogens (tertiary/aromatic N) is 2. The fraction of sp³-hybridized carbons (Fsp3) is 0.300. The van der Waals surface area contributed by atoms with Crippen LogP contribution in [0, 0.1) is 10.1 Å². The summed E-state index contributed by atoms with van der Waals surface area (Å²) in [6.45, 7) is -5.14. The summed E-state index contributed by atoms with van der Waals surface area (Å²) in [5.74, 6) is -0.611. The molecule has 20 heavy (non-hydrogen) atoms. The molecule has 1 aromatic carbocycles. The molecule has 0 N–H and O–H groups in total. The maximum absolute atomic E-state index is 12.5. The zero-order valence-electron chi connectivity index (χ0n) is 10.7. The van der Waals surface area contributed by atoms with E-state index in [1.54, 1.807) is 0 Å². The number of fused-ring (bicyclic) bond motifs is 1. The van der Waals surface area contributed by atoms with Crippen molar-refractivity contribution in [3.63, 3.8) is 0 Å². The second-order valence-electron chi connectivity index (χ2n) is 4.28. The monoisotopic (exact) mass is 312 g/mol. The summed E-state index contributed by atoms with van der Waals surface area (Å²) >= 11 is 0. The van der Waals surface area contributed by atoms with Gasteiger partial charge in [0.2, 0.25) is 5.91 Å². The van der Waals surface area contributed by atoms with Crippen molar-refractivity contribution in [1.82, 2.24) is 0 Å². The molecule has 0 radical (unpaired) electrons.